The summed E-state index contributed by atoms with van der Waals surface area (Å²) < 4.78 is 0. The van der Waals surface area contributed by atoms with E-state index in [1.807, 2.05) is 0 Å². The highest BCUT2D eigenvalue weighted by molar-refractivity contribution is 4.98. The molecule has 1 N–H and O–H groups in total. The van der Waals surface area contributed by atoms with E-state index in [0.717, 1.165) is 12.6 Å². The van der Waals surface area contributed by atoms with Gasteiger partial charge in [-0.15, -0.1) is 0 Å². The lowest BCUT2D eigenvalue weighted by molar-refractivity contribution is 0.266. The molecular formula is C9H16N2. The molecule has 1 saturated heterocycles. The Hall–Kier alpha value is -0.500. The smallest absolute Gasteiger partial charge is 0.0311 e. The van der Waals surface area contributed by atoms with Crippen LogP contribution in [0.25, 0.3) is 0 Å². The third-order valence-electron chi connectivity index (χ3n) is 2.63. The Bertz CT molecular complexity index is 148. The second-order valence-corrected chi connectivity index (χ2v) is 3.41. The average molecular weight is 152 g/mol. The molecule has 0 radical (unpaired) electrons. The van der Waals surface area contributed by atoms with Gasteiger partial charge in [-0.05, 0) is 38.6 Å². The maximum absolute atomic E-state index is 3.23. The largest absolute Gasteiger partial charge is 0.391 e. The van der Waals surface area contributed by atoms with E-state index in [-0.39, 0.29) is 0 Å². The van der Waals surface area contributed by atoms with E-state index >= 15 is 0 Å². The van der Waals surface area contributed by atoms with Gasteiger partial charge in [0.1, 0.15) is 0 Å². The molecule has 2 heteroatoms. The van der Waals surface area contributed by atoms with Gasteiger partial charge in [0.25, 0.3) is 0 Å². The van der Waals surface area contributed by atoms with Gasteiger partial charge in [-0.3, -0.25) is 4.90 Å². The fourth-order valence-corrected chi connectivity index (χ4v) is 1.97. The summed E-state index contributed by atoms with van der Waals surface area (Å²) in [6.45, 7) is 3.78. The minimum absolute atomic E-state index is 0.735. The third-order valence-corrected chi connectivity index (χ3v) is 2.63. The predicted octanol–water partition coefficient (Wildman–Crippen LogP) is 0.958. The summed E-state index contributed by atoms with van der Waals surface area (Å²) in [6.07, 6.45) is 8.49. The molecule has 2 rings (SSSR count). The van der Waals surface area contributed by atoms with Crippen molar-refractivity contribution in [2.45, 2.75) is 25.3 Å². The van der Waals surface area contributed by atoms with Gasteiger partial charge in [0, 0.05) is 12.6 Å². The molecule has 0 bridgehead atoms. The minimum atomic E-state index is 0.735. The normalized spacial score (nSPS) is 32.2. The molecule has 1 unspecified atom stereocenters. The molecule has 2 nitrogen and oxygen atoms in total. The zero-order valence-electron chi connectivity index (χ0n) is 6.92. The van der Waals surface area contributed by atoms with E-state index in [0.29, 0.717) is 0 Å². The lowest BCUT2D eigenvalue weighted by Gasteiger charge is -2.27. The number of nitrogens with one attached hydrogen (secondary N) is 1. The number of likely N-dealkylation sites (tertiary alicyclic amines) is 1. The van der Waals surface area contributed by atoms with Crippen LogP contribution in [-0.4, -0.2) is 30.6 Å². The summed E-state index contributed by atoms with van der Waals surface area (Å²) in [4.78, 5) is 2.59. The Balaban J connectivity index is 1.91. The number of nitrogens with zero attached hydrogens (tertiary/aromatic N) is 1. The highest BCUT2D eigenvalue weighted by atomic mass is 15.2. The monoisotopic (exact) mass is 152 g/mol. The molecule has 0 amide bonds. The summed E-state index contributed by atoms with van der Waals surface area (Å²) in [7, 11) is 0. The molecule has 0 spiro atoms. The van der Waals surface area contributed by atoms with E-state index in [9.17, 15) is 0 Å². The molecule has 62 valence electrons. The molecule has 11 heavy (non-hydrogen) atoms. The molecule has 0 aromatic rings. The lowest BCUT2D eigenvalue weighted by Crippen LogP contribution is -2.35. The van der Waals surface area contributed by atoms with Crippen LogP contribution >= 0.6 is 0 Å². The standard InChI is InChI=1S/C9H16N2/c1-2-8-11(7-1)9-3-5-10-6-4-9/h3,5,9-10H,1-2,4,6-8H2. The Kier molecular flexibility index (Phi) is 2.13. The zero-order valence-corrected chi connectivity index (χ0v) is 6.92. The molecule has 1 atom stereocenters. The van der Waals surface area contributed by atoms with Crippen LogP contribution in [0.15, 0.2) is 12.3 Å². The molecule has 2 heterocycles. The van der Waals surface area contributed by atoms with Crippen molar-refractivity contribution >= 4 is 0 Å². The molecule has 2 aliphatic rings. The molecule has 0 aromatic heterocycles. The van der Waals surface area contributed by atoms with Crippen LogP contribution in [0, 0.1) is 0 Å². The summed E-state index contributed by atoms with van der Waals surface area (Å²) in [5.74, 6) is 0. The first-order valence-corrected chi connectivity index (χ1v) is 4.61. The molecule has 0 aliphatic carbocycles. The Labute approximate surface area is 68.3 Å². The molecule has 0 aromatic carbocycles. The van der Waals surface area contributed by atoms with Crippen molar-refractivity contribution in [3.05, 3.63) is 12.3 Å². The van der Waals surface area contributed by atoms with Gasteiger partial charge in [0.05, 0.1) is 0 Å². The zero-order chi connectivity index (χ0) is 7.52. The van der Waals surface area contributed by atoms with Crippen molar-refractivity contribution in [1.29, 1.82) is 0 Å². The maximum atomic E-state index is 3.23. The Morgan fingerprint density at radius 2 is 2.09 bits per heavy atom. The van der Waals surface area contributed by atoms with E-state index in [1.54, 1.807) is 0 Å². The average Bonchev–Trinajstić information content (AvgIpc) is 2.58. The highest BCUT2D eigenvalue weighted by Crippen LogP contribution is 2.15. The quantitative estimate of drug-likeness (QED) is 0.602. The van der Waals surface area contributed by atoms with Crippen LogP contribution in [0.1, 0.15) is 19.3 Å². The third kappa shape index (κ3) is 1.56. The topological polar surface area (TPSA) is 15.3 Å². The van der Waals surface area contributed by atoms with Gasteiger partial charge >= 0.3 is 0 Å². The summed E-state index contributed by atoms with van der Waals surface area (Å²) in [5.41, 5.74) is 0. The van der Waals surface area contributed by atoms with Crippen molar-refractivity contribution in [2.75, 3.05) is 19.6 Å². The SMILES string of the molecule is C1=CC(N2CCCC2)CCN1. The van der Waals surface area contributed by atoms with Crippen LogP contribution in [0.4, 0.5) is 0 Å². The van der Waals surface area contributed by atoms with Crippen LogP contribution in [0.5, 0.6) is 0 Å². The van der Waals surface area contributed by atoms with Crippen molar-refractivity contribution in [2.24, 2.45) is 0 Å². The van der Waals surface area contributed by atoms with E-state index in [1.165, 1.54) is 32.4 Å². The number of rotatable bonds is 1. The Morgan fingerprint density at radius 1 is 1.27 bits per heavy atom. The van der Waals surface area contributed by atoms with E-state index < -0.39 is 0 Å². The van der Waals surface area contributed by atoms with Crippen LogP contribution in [0.2, 0.25) is 0 Å². The van der Waals surface area contributed by atoms with Crippen molar-refractivity contribution in [3.63, 3.8) is 0 Å². The lowest BCUT2D eigenvalue weighted by atomic mass is 10.1. The van der Waals surface area contributed by atoms with Crippen LogP contribution in [-0.2, 0) is 0 Å². The van der Waals surface area contributed by atoms with Crippen molar-refractivity contribution in [1.82, 2.24) is 10.2 Å². The second kappa shape index (κ2) is 3.26. The van der Waals surface area contributed by atoms with Crippen LogP contribution < -0.4 is 5.32 Å². The Morgan fingerprint density at radius 3 is 2.73 bits per heavy atom. The first kappa shape index (κ1) is 7.17. The maximum Gasteiger partial charge on any atom is 0.0311 e. The number of hydrogen-bond donors (Lipinski definition) is 1. The molecule has 0 saturated carbocycles. The fourth-order valence-electron chi connectivity index (χ4n) is 1.97. The summed E-state index contributed by atoms with van der Waals surface area (Å²) in [5, 5.41) is 3.23. The van der Waals surface area contributed by atoms with Crippen molar-refractivity contribution in [3.8, 4) is 0 Å². The molecule has 1 fully saturated rings. The summed E-state index contributed by atoms with van der Waals surface area (Å²) >= 11 is 0. The number of hydrogen-bond acceptors (Lipinski definition) is 2. The van der Waals surface area contributed by atoms with Gasteiger partial charge in [-0.25, -0.2) is 0 Å². The van der Waals surface area contributed by atoms with Crippen molar-refractivity contribution < 1.29 is 0 Å². The second-order valence-electron chi connectivity index (χ2n) is 3.41. The predicted molar refractivity (Wildman–Crippen MR) is 46.4 cm³/mol. The van der Waals surface area contributed by atoms with Gasteiger partial charge in [0.15, 0.2) is 0 Å². The van der Waals surface area contributed by atoms with Gasteiger partial charge in [-0.1, -0.05) is 6.08 Å². The van der Waals surface area contributed by atoms with E-state index in [2.05, 4.69) is 22.5 Å². The van der Waals surface area contributed by atoms with E-state index in [4.69, 9.17) is 0 Å². The summed E-state index contributed by atoms with van der Waals surface area (Å²) in [6, 6.07) is 0.735. The van der Waals surface area contributed by atoms with Gasteiger partial charge in [-0.2, -0.15) is 0 Å². The van der Waals surface area contributed by atoms with Gasteiger partial charge < -0.3 is 5.32 Å². The fraction of sp³-hybridized carbons (Fsp3) is 0.778. The molecular weight excluding hydrogens is 136 g/mol. The van der Waals surface area contributed by atoms with Gasteiger partial charge in [0.2, 0.25) is 0 Å². The first-order chi connectivity index (χ1) is 5.47. The van der Waals surface area contributed by atoms with Crippen LogP contribution in [0.3, 0.4) is 0 Å². The molecule has 2 aliphatic heterocycles. The minimum Gasteiger partial charge on any atom is -0.391 e. The highest BCUT2D eigenvalue weighted by Gasteiger charge is 2.20. The first-order valence-electron chi connectivity index (χ1n) is 4.61.